The summed E-state index contributed by atoms with van der Waals surface area (Å²) >= 11 is 0. The van der Waals surface area contributed by atoms with Crippen LogP contribution in [0.3, 0.4) is 0 Å². The van der Waals surface area contributed by atoms with E-state index in [4.69, 9.17) is 29.9 Å². The fraction of sp³-hybridized carbons (Fsp3) is 0.316. The first-order valence-electron chi connectivity index (χ1n) is 8.18. The molecule has 3 N–H and O–H groups in total. The van der Waals surface area contributed by atoms with E-state index in [-0.39, 0.29) is 29.8 Å². The zero-order valence-corrected chi connectivity index (χ0v) is 15.3. The zero-order valence-electron chi connectivity index (χ0n) is 15.3. The number of carbonyl (C=O) groups excluding carboxylic acids is 3. The van der Waals surface area contributed by atoms with Gasteiger partial charge in [0.25, 0.3) is 0 Å². The topological polar surface area (TPSA) is 133 Å². The van der Waals surface area contributed by atoms with Crippen LogP contribution in [0, 0.1) is 0 Å². The fourth-order valence-corrected chi connectivity index (χ4v) is 2.87. The van der Waals surface area contributed by atoms with Crippen molar-refractivity contribution in [2.24, 2.45) is 5.73 Å². The number of carboxylic acid groups (broad SMARTS) is 1. The lowest BCUT2D eigenvalue weighted by molar-refractivity contribution is -0.191. The van der Waals surface area contributed by atoms with Crippen LogP contribution in [0.5, 0.6) is 0 Å². The predicted molar refractivity (Wildman–Crippen MR) is 93.1 cm³/mol. The molecular weight excluding hydrogens is 354 g/mol. The lowest BCUT2D eigenvalue weighted by atomic mass is 9.81. The third-order valence-corrected chi connectivity index (χ3v) is 3.99. The monoisotopic (exact) mass is 375 g/mol. The van der Waals surface area contributed by atoms with Crippen molar-refractivity contribution in [2.45, 2.75) is 33.1 Å². The van der Waals surface area contributed by atoms with Gasteiger partial charge in [0, 0.05) is 5.92 Å². The second-order valence-corrected chi connectivity index (χ2v) is 5.48. The molecule has 8 nitrogen and oxygen atoms in total. The van der Waals surface area contributed by atoms with Crippen LogP contribution in [-0.2, 0) is 23.9 Å². The van der Waals surface area contributed by atoms with Gasteiger partial charge in [0.05, 0.1) is 12.2 Å². The predicted octanol–water partition coefficient (Wildman–Crippen LogP) is 2.33. The van der Waals surface area contributed by atoms with Crippen LogP contribution in [-0.4, -0.2) is 29.8 Å². The average molecular weight is 375 g/mol. The molecule has 1 unspecified atom stereocenters. The highest BCUT2D eigenvalue weighted by Crippen LogP contribution is 2.41. The molecule has 0 spiro atoms. The molecule has 27 heavy (non-hydrogen) atoms. The number of carbonyl (C=O) groups is 2. The smallest absolute Gasteiger partial charge is 0.373 e. The van der Waals surface area contributed by atoms with Crippen molar-refractivity contribution in [3.63, 3.8) is 0 Å². The van der Waals surface area contributed by atoms with Gasteiger partial charge in [-0.15, -0.1) is 0 Å². The molecule has 0 saturated heterocycles. The molecule has 0 aliphatic carbocycles. The number of allylic oxidation sites excluding steroid dienone is 2. The van der Waals surface area contributed by atoms with Crippen molar-refractivity contribution >= 4 is 18.1 Å². The summed E-state index contributed by atoms with van der Waals surface area (Å²) in [7, 11) is 0. The van der Waals surface area contributed by atoms with Gasteiger partial charge in [0.15, 0.2) is 0 Å². The van der Waals surface area contributed by atoms with Gasteiger partial charge in [-0.3, -0.25) is 0 Å². The van der Waals surface area contributed by atoms with Gasteiger partial charge in [-0.2, -0.15) is 9.59 Å². The minimum absolute atomic E-state index is 0.0236. The summed E-state index contributed by atoms with van der Waals surface area (Å²) in [6, 6.07) is 6.40. The number of aromatic carboxylic acids is 1. The molecule has 1 aromatic carbocycles. The maximum atomic E-state index is 12.4. The van der Waals surface area contributed by atoms with Crippen molar-refractivity contribution < 1.29 is 33.8 Å². The summed E-state index contributed by atoms with van der Waals surface area (Å²) in [4.78, 5) is 39.7. The minimum Gasteiger partial charge on any atom is -0.478 e. The molecule has 1 aromatic rings. The number of nitrogens with two attached hydrogens (primary N) is 1. The zero-order chi connectivity index (χ0) is 20.6. The molecule has 0 fully saturated rings. The first kappa shape index (κ1) is 21.7. The highest BCUT2D eigenvalue weighted by atomic mass is 16.5. The summed E-state index contributed by atoms with van der Waals surface area (Å²) < 4.78 is 10.6. The first-order valence-corrected chi connectivity index (χ1v) is 8.18. The van der Waals surface area contributed by atoms with E-state index in [0.717, 1.165) is 11.1 Å². The van der Waals surface area contributed by atoms with Gasteiger partial charge in [-0.05, 0) is 43.5 Å². The van der Waals surface area contributed by atoms with Crippen molar-refractivity contribution in [1.82, 2.24) is 0 Å². The largest absolute Gasteiger partial charge is 0.478 e. The second-order valence-electron chi connectivity index (χ2n) is 5.48. The van der Waals surface area contributed by atoms with Crippen LogP contribution in [0.25, 0.3) is 0 Å². The molecular formula is C19H21NO7. The Morgan fingerprint density at radius 3 is 2.22 bits per heavy atom. The molecule has 2 rings (SSSR count). The molecule has 1 atom stereocenters. The van der Waals surface area contributed by atoms with E-state index in [1.807, 2.05) is 6.92 Å². The van der Waals surface area contributed by atoms with Crippen LogP contribution < -0.4 is 5.73 Å². The third-order valence-electron chi connectivity index (χ3n) is 3.99. The SMILES string of the molecule is CCOC(=O)C1=C(N)OC(C)=C(CC)C1c1ccc(C(=O)O)cc1.O=C=O. The Morgan fingerprint density at radius 2 is 1.78 bits per heavy atom. The lowest BCUT2D eigenvalue weighted by Crippen LogP contribution is -2.26. The van der Waals surface area contributed by atoms with E-state index in [1.54, 1.807) is 26.0 Å². The third kappa shape index (κ3) is 5.05. The number of carboxylic acids is 1. The summed E-state index contributed by atoms with van der Waals surface area (Å²) in [5.74, 6) is -1.27. The summed E-state index contributed by atoms with van der Waals surface area (Å²) in [5.41, 5.74) is 8.07. The van der Waals surface area contributed by atoms with Crippen LogP contribution in [0.2, 0.25) is 0 Å². The minimum atomic E-state index is -1.00. The molecule has 8 heteroatoms. The molecule has 0 aromatic heterocycles. The molecule has 1 aliphatic rings. The summed E-state index contributed by atoms with van der Waals surface area (Å²) in [6.45, 7) is 5.71. The number of ether oxygens (including phenoxy) is 2. The van der Waals surface area contributed by atoms with Gasteiger partial charge in [-0.1, -0.05) is 19.1 Å². The Morgan fingerprint density at radius 1 is 1.22 bits per heavy atom. The van der Waals surface area contributed by atoms with E-state index >= 15 is 0 Å². The number of benzene rings is 1. The fourth-order valence-electron chi connectivity index (χ4n) is 2.87. The van der Waals surface area contributed by atoms with E-state index in [9.17, 15) is 9.59 Å². The van der Waals surface area contributed by atoms with Crippen molar-refractivity contribution in [3.8, 4) is 0 Å². The van der Waals surface area contributed by atoms with Gasteiger partial charge in [0.2, 0.25) is 5.88 Å². The number of esters is 1. The van der Waals surface area contributed by atoms with E-state index in [1.165, 1.54) is 12.1 Å². The molecule has 0 bridgehead atoms. The standard InChI is InChI=1S/C18H21NO5.CO2/c1-4-13-10(3)24-16(19)15(18(22)23-5-2)14(13)11-6-8-12(9-7-11)17(20)21;2-1-3/h6-9,14H,4-5,19H2,1-3H3,(H,20,21);. The van der Waals surface area contributed by atoms with Crippen LogP contribution >= 0.6 is 0 Å². The molecule has 0 saturated carbocycles. The highest BCUT2D eigenvalue weighted by molar-refractivity contribution is 5.92. The Labute approximate surface area is 156 Å². The first-order chi connectivity index (χ1) is 12.8. The molecule has 1 heterocycles. The highest BCUT2D eigenvalue weighted by Gasteiger charge is 2.35. The Kier molecular flexibility index (Phi) is 7.97. The summed E-state index contributed by atoms with van der Waals surface area (Å²) in [5, 5.41) is 9.05. The quantitative estimate of drug-likeness (QED) is 0.749. The van der Waals surface area contributed by atoms with Crippen molar-refractivity contribution in [3.05, 3.63) is 58.2 Å². The second kappa shape index (κ2) is 9.94. The Bertz CT molecular complexity index is 800. The van der Waals surface area contributed by atoms with Gasteiger partial charge >= 0.3 is 18.1 Å². The van der Waals surface area contributed by atoms with E-state index < -0.39 is 17.9 Å². The van der Waals surface area contributed by atoms with Crippen molar-refractivity contribution in [2.75, 3.05) is 6.61 Å². The van der Waals surface area contributed by atoms with E-state index in [0.29, 0.717) is 12.2 Å². The molecule has 1 aliphatic heterocycles. The summed E-state index contributed by atoms with van der Waals surface area (Å²) in [6.07, 6.45) is 0.910. The average Bonchev–Trinajstić information content (AvgIpc) is 2.62. The van der Waals surface area contributed by atoms with Gasteiger partial charge in [0.1, 0.15) is 11.3 Å². The van der Waals surface area contributed by atoms with Gasteiger partial charge in [-0.25, -0.2) is 9.59 Å². The number of hydrogen-bond acceptors (Lipinski definition) is 7. The molecule has 144 valence electrons. The van der Waals surface area contributed by atoms with Crippen LogP contribution in [0.1, 0.15) is 49.0 Å². The maximum absolute atomic E-state index is 12.4. The number of hydrogen-bond donors (Lipinski definition) is 2. The number of rotatable bonds is 5. The molecule has 0 radical (unpaired) electrons. The Hall–Kier alpha value is -3.38. The molecule has 0 amide bonds. The van der Waals surface area contributed by atoms with Crippen LogP contribution in [0.4, 0.5) is 0 Å². The van der Waals surface area contributed by atoms with E-state index in [2.05, 4.69) is 0 Å². The Balaban J connectivity index is 0.00000114. The normalized spacial score (nSPS) is 15.9. The van der Waals surface area contributed by atoms with Gasteiger partial charge < -0.3 is 20.3 Å². The van der Waals surface area contributed by atoms with Crippen molar-refractivity contribution in [1.29, 1.82) is 0 Å². The van der Waals surface area contributed by atoms with Crippen LogP contribution in [0.15, 0.2) is 47.1 Å². The maximum Gasteiger partial charge on any atom is 0.373 e. The lowest BCUT2D eigenvalue weighted by Gasteiger charge is -2.29.